The Balaban J connectivity index is 2.41. The van der Waals surface area contributed by atoms with Crippen molar-refractivity contribution in [2.75, 3.05) is 6.61 Å². The summed E-state index contributed by atoms with van der Waals surface area (Å²) in [6.07, 6.45) is 2.95. The Hall–Kier alpha value is -0.570. The molecule has 3 nitrogen and oxygen atoms in total. The molecule has 0 aliphatic carbocycles. The van der Waals surface area contributed by atoms with Crippen molar-refractivity contribution in [3.05, 3.63) is 0 Å². The fraction of sp³-hybridized carbons (Fsp3) is 0.889. The van der Waals surface area contributed by atoms with Crippen molar-refractivity contribution >= 4 is 5.97 Å². The van der Waals surface area contributed by atoms with Gasteiger partial charge in [0.25, 0.3) is 0 Å². The van der Waals surface area contributed by atoms with Gasteiger partial charge in [-0.05, 0) is 19.3 Å². The zero-order valence-electron chi connectivity index (χ0n) is 7.71. The monoisotopic (exact) mass is 172 g/mol. The van der Waals surface area contributed by atoms with E-state index in [-0.39, 0.29) is 18.2 Å². The maximum Gasteiger partial charge on any atom is 0.302 e. The van der Waals surface area contributed by atoms with E-state index < -0.39 is 0 Å². The minimum atomic E-state index is -0.205. The largest absolute Gasteiger partial charge is 0.460 e. The summed E-state index contributed by atoms with van der Waals surface area (Å²) in [4.78, 5) is 10.7. The van der Waals surface area contributed by atoms with E-state index in [1.165, 1.54) is 6.92 Å². The van der Waals surface area contributed by atoms with Crippen LogP contribution >= 0.6 is 0 Å². The average molecular weight is 172 g/mol. The van der Waals surface area contributed by atoms with Crippen LogP contribution in [0.5, 0.6) is 0 Å². The fourth-order valence-electron chi connectivity index (χ4n) is 1.54. The van der Waals surface area contributed by atoms with E-state index in [1.54, 1.807) is 0 Å². The summed E-state index contributed by atoms with van der Waals surface area (Å²) in [5.41, 5.74) is 0. The third kappa shape index (κ3) is 2.48. The molecule has 2 atom stereocenters. The number of hydrogen-bond donors (Lipinski definition) is 0. The van der Waals surface area contributed by atoms with Gasteiger partial charge in [-0.2, -0.15) is 0 Å². The van der Waals surface area contributed by atoms with Gasteiger partial charge in [0.15, 0.2) is 0 Å². The van der Waals surface area contributed by atoms with Gasteiger partial charge in [0.1, 0.15) is 6.10 Å². The second-order valence-electron chi connectivity index (χ2n) is 3.11. The molecule has 0 radical (unpaired) electrons. The smallest absolute Gasteiger partial charge is 0.302 e. The Morgan fingerprint density at radius 2 is 2.42 bits per heavy atom. The molecule has 1 saturated heterocycles. The summed E-state index contributed by atoms with van der Waals surface area (Å²) in [7, 11) is 0. The van der Waals surface area contributed by atoms with Gasteiger partial charge in [-0.25, -0.2) is 0 Å². The molecule has 1 fully saturated rings. The highest BCUT2D eigenvalue weighted by atomic mass is 16.6. The first-order valence-electron chi connectivity index (χ1n) is 4.53. The van der Waals surface area contributed by atoms with Crippen LogP contribution < -0.4 is 0 Å². The summed E-state index contributed by atoms with van der Waals surface area (Å²) in [6.45, 7) is 4.30. The zero-order valence-corrected chi connectivity index (χ0v) is 7.71. The molecule has 1 aliphatic rings. The van der Waals surface area contributed by atoms with Crippen molar-refractivity contribution in [1.29, 1.82) is 0 Å². The quantitative estimate of drug-likeness (QED) is 0.592. The third-order valence-corrected chi connectivity index (χ3v) is 2.10. The Bertz CT molecular complexity index is 156. The van der Waals surface area contributed by atoms with Crippen LogP contribution in [-0.4, -0.2) is 24.8 Å². The molecule has 0 amide bonds. The van der Waals surface area contributed by atoms with Crippen LogP contribution in [0.4, 0.5) is 0 Å². The molecule has 1 rings (SSSR count). The normalized spacial score (nSPS) is 29.8. The molecule has 3 heteroatoms. The van der Waals surface area contributed by atoms with E-state index in [0.717, 1.165) is 25.9 Å². The summed E-state index contributed by atoms with van der Waals surface area (Å²) < 4.78 is 10.6. The fourth-order valence-corrected chi connectivity index (χ4v) is 1.54. The van der Waals surface area contributed by atoms with Crippen molar-refractivity contribution in [2.24, 2.45) is 0 Å². The topological polar surface area (TPSA) is 35.5 Å². The lowest BCUT2D eigenvalue weighted by atomic mass is 10.0. The van der Waals surface area contributed by atoms with Gasteiger partial charge < -0.3 is 9.47 Å². The van der Waals surface area contributed by atoms with Crippen molar-refractivity contribution in [1.82, 2.24) is 0 Å². The van der Waals surface area contributed by atoms with Crippen LogP contribution in [0.2, 0.25) is 0 Å². The first-order valence-corrected chi connectivity index (χ1v) is 4.53. The third-order valence-electron chi connectivity index (χ3n) is 2.10. The summed E-state index contributed by atoms with van der Waals surface area (Å²) in [5, 5.41) is 0. The number of carbonyl (C=O) groups is 1. The maximum absolute atomic E-state index is 10.7. The molecule has 2 unspecified atom stereocenters. The number of ether oxygens (including phenoxy) is 2. The van der Waals surface area contributed by atoms with E-state index in [9.17, 15) is 4.79 Å². The SMILES string of the molecule is CCC1OCCCC1OC(C)=O. The highest BCUT2D eigenvalue weighted by Gasteiger charge is 2.26. The second-order valence-corrected chi connectivity index (χ2v) is 3.11. The van der Waals surface area contributed by atoms with Crippen LogP contribution in [0, 0.1) is 0 Å². The van der Waals surface area contributed by atoms with Gasteiger partial charge in [0.05, 0.1) is 6.10 Å². The van der Waals surface area contributed by atoms with Crippen LogP contribution in [0.25, 0.3) is 0 Å². The van der Waals surface area contributed by atoms with E-state index in [4.69, 9.17) is 9.47 Å². The Labute approximate surface area is 73.0 Å². The van der Waals surface area contributed by atoms with Gasteiger partial charge >= 0.3 is 5.97 Å². The van der Waals surface area contributed by atoms with E-state index in [2.05, 4.69) is 0 Å². The van der Waals surface area contributed by atoms with Crippen molar-refractivity contribution < 1.29 is 14.3 Å². The molecule has 0 spiro atoms. The van der Waals surface area contributed by atoms with Gasteiger partial charge in [-0.1, -0.05) is 6.92 Å². The van der Waals surface area contributed by atoms with E-state index in [0.29, 0.717) is 0 Å². The first kappa shape index (κ1) is 9.52. The summed E-state index contributed by atoms with van der Waals surface area (Å²) in [6, 6.07) is 0. The molecule has 1 aliphatic heterocycles. The number of carbonyl (C=O) groups excluding carboxylic acids is 1. The predicted octanol–water partition coefficient (Wildman–Crippen LogP) is 1.51. The highest BCUT2D eigenvalue weighted by Crippen LogP contribution is 2.19. The lowest BCUT2D eigenvalue weighted by Crippen LogP contribution is -2.36. The molecule has 0 bridgehead atoms. The molecular formula is C9H16O3. The minimum Gasteiger partial charge on any atom is -0.460 e. The molecule has 12 heavy (non-hydrogen) atoms. The Morgan fingerprint density at radius 1 is 1.67 bits per heavy atom. The Kier molecular flexibility index (Phi) is 3.53. The van der Waals surface area contributed by atoms with Crippen molar-refractivity contribution in [3.8, 4) is 0 Å². The highest BCUT2D eigenvalue weighted by molar-refractivity contribution is 5.66. The lowest BCUT2D eigenvalue weighted by molar-refractivity contribution is -0.161. The number of esters is 1. The minimum absolute atomic E-state index is 0.0127. The molecule has 0 N–H and O–H groups in total. The number of hydrogen-bond acceptors (Lipinski definition) is 3. The standard InChI is InChI=1S/C9H16O3/c1-3-8-9(12-7(2)10)5-4-6-11-8/h8-9H,3-6H2,1-2H3. The van der Waals surface area contributed by atoms with E-state index in [1.807, 2.05) is 6.92 Å². The lowest BCUT2D eigenvalue weighted by Gasteiger charge is -2.30. The molecule has 1 heterocycles. The molecule has 0 saturated carbocycles. The Morgan fingerprint density at radius 3 is 3.00 bits per heavy atom. The maximum atomic E-state index is 10.7. The van der Waals surface area contributed by atoms with Crippen LogP contribution in [0.1, 0.15) is 33.1 Å². The average Bonchev–Trinajstić information content (AvgIpc) is 2.04. The molecular weight excluding hydrogens is 156 g/mol. The van der Waals surface area contributed by atoms with Crippen LogP contribution in [0.3, 0.4) is 0 Å². The molecule has 0 aromatic heterocycles. The predicted molar refractivity (Wildman–Crippen MR) is 44.8 cm³/mol. The summed E-state index contributed by atoms with van der Waals surface area (Å²) in [5.74, 6) is -0.205. The van der Waals surface area contributed by atoms with Crippen LogP contribution in [-0.2, 0) is 14.3 Å². The second kappa shape index (κ2) is 4.45. The van der Waals surface area contributed by atoms with Crippen LogP contribution in [0.15, 0.2) is 0 Å². The van der Waals surface area contributed by atoms with Crippen molar-refractivity contribution in [2.45, 2.75) is 45.3 Å². The number of rotatable bonds is 2. The first-order chi connectivity index (χ1) is 5.74. The molecule has 70 valence electrons. The zero-order chi connectivity index (χ0) is 8.97. The van der Waals surface area contributed by atoms with Gasteiger partial charge in [0.2, 0.25) is 0 Å². The van der Waals surface area contributed by atoms with Crippen molar-refractivity contribution in [3.63, 3.8) is 0 Å². The molecule has 0 aromatic carbocycles. The molecule has 0 aromatic rings. The van der Waals surface area contributed by atoms with Gasteiger partial charge in [-0.3, -0.25) is 4.79 Å². The summed E-state index contributed by atoms with van der Waals surface area (Å²) >= 11 is 0. The van der Waals surface area contributed by atoms with E-state index >= 15 is 0 Å². The van der Waals surface area contributed by atoms with Gasteiger partial charge in [0, 0.05) is 13.5 Å². The van der Waals surface area contributed by atoms with Gasteiger partial charge in [-0.15, -0.1) is 0 Å².